The fraction of sp³-hybridized carbons (Fsp3) is 0.600. The largest absolute Gasteiger partial charge is 0.396 e. The van der Waals surface area contributed by atoms with E-state index in [1.807, 2.05) is 0 Å². The fourth-order valence-electron chi connectivity index (χ4n) is 1.83. The molecular weight excluding hydrogens is 214 g/mol. The van der Waals surface area contributed by atoms with Crippen molar-refractivity contribution in [2.45, 2.75) is 13.3 Å². The van der Waals surface area contributed by atoms with E-state index < -0.39 is 0 Å². The molecule has 0 aliphatic carbocycles. The Labute approximate surface area is 93.9 Å². The number of rotatable bonds is 2. The highest BCUT2D eigenvalue weighted by Gasteiger charge is 2.33. The van der Waals surface area contributed by atoms with Crippen LogP contribution in [0.1, 0.15) is 13.3 Å². The molecule has 0 aromatic carbocycles. The first kappa shape index (κ1) is 10.6. The van der Waals surface area contributed by atoms with Crippen LogP contribution in [0.3, 0.4) is 0 Å². The van der Waals surface area contributed by atoms with Crippen molar-refractivity contribution in [3.8, 4) is 0 Å². The minimum Gasteiger partial charge on any atom is -0.396 e. The Morgan fingerprint density at radius 2 is 2.40 bits per heavy atom. The minimum absolute atomic E-state index is 0.0238. The number of hydrogen-bond donors (Lipinski definition) is 1. The average molecular weight is 228 g/mol. The second kappa shape index (κ2) is 3.94. The highest BCUT2D eigenvalue weighted by atomic mass is 35.5. The normalized spacial score (nSPS) is 25.9. The molecule has 15 heavy (non-hydrogen) atoms. The van der Waals surface area contributed by atoms with Crippen LogP contribution in [0, 0.1) is 5.41 Å². The molecule has 0 radical (unpaired) electrons. The molecule has 1 unspecified atom stereocenters. The third-order valence-electron chi connectivity index (χ3n) is 2.86. The van der Waals surface area contributed by atoms with Gasteiger partial charge in [-0.1, -0.05) is 18.5 Å². The summed E-state index contributed by atoms with van der Waals surface area (Å²) in [6.07, 6.45) is 4.19. The topological polar surface area (TPSA) is 49.2 Å². The first-order chi connectivity index (χ1) is 7.13. The second-order valence-electron chi connectivity index (χ2n) is 4.34. The zero-order valence-electron chi connectivity index (χ0n) is 8.65. The van der Waals surface area contributed by atoms with Gasteiger partial charge in [-0.25, -0.2) is 4.98 Å². The number of aliphatic hydroxyl groups is 1. The monoisotopic (exact) mass is 227 g/mol. The molecule has 1 fully saturated rings. The number of hydrogen-bond acceptors (Lipinski definition) is 4. The Balaban J connectivity index is 2.14. The zero-order valence-corrected chi connectivity index (χ0v) is 9.41. The van der Waals surface area contributed by atoms with Gasteiger partial charge < -0.3 is 10.0 Å². The first-order valence-corrected chi connectivity index (χ1v) is 5.34. The van der Waals surface area contributed by atoms with Crippen molar-refractivity contribution in [2.24, 2.45) is 5.41 Å². The molecular formula is C10H14ClN3O. The van der Waals surface area contributed by atoms with Crippen molar-refractivity contribution in [3.05, 3.63) is 17.5 Å². The summed E-state index contributed by atoms with van der Waals surface area (Å²) >= 11 is 5.78. The predicted octanol–water partition coefficient (Wildman–Crippen LogP) is 1.34. The minimum atomic E-state index is -0.0238. The summed E-state index contributed by atoms with van der Waals surface area (Å²) in [7, 11) is 0. The lowest BCUT2D eigenvalue weighted by Crippen LogP contribution is -2.28. The van der Waals surface area contributed by atoms with Gasteiger partial charge in [0.25, 0.3) is 0 Å². The maximum absolute atomic E-state index is 9.26. The van der Waals surface area contributed by atoms with E-state index in [4.69, 9.17) is 11.6 Å². The SMILES string of the molecule is CC1(CO)CCN(c2cncc(Cl)n2)C1. The van der Waals surface area contributed by atoms with E-state index in [0.717, 1.165) is 25.3 Å². The summed E-state index contributed by atoms with van der Waals surface area (Å²) in [4.78, 5) is 10.3. The van der Waals surface area contributed by atoms with Crippen LogP contribution in [0.25, 0.3) is 0 Å². The molecule has 0 amide bonds. The van der Waals surface area contributed by atoms with E-state index in [0.29, 0.717) is 5.15 Å². The smallest absolute Gasteiger partial charge is 0.149 e. The molecule has 1 atom stereocenters. The van der Waals surface area contributed by atoms with Gasteiger partial charge in [0.05, 0.1) is 19.0 Å². The standard InChI is InChI=1S/C10H14ClN3O/c1-10(7-15)2-3-14(6-10)9-5-12-4-8(11)13-9/h4-5,15H,2-3,6-7H2,1H3. The van der Waals surface area contributed by atoms with Gasteiger partial charge in [0, 0.05) is 18.5 Å². The Hall–Kier alpha value is -0.870. The van der Waals surface area contributed by atoms with Crippen molar-refractivity contribution in [1.29, 1.82) is 0 Å². The van der Waals surface area contributed by atoms with E-state index in [2.05, 4.69) is 21.8 Å². The molecule has 1 aliphatic heterocycles. The second-order valence-corrected chi connectivity index (χ2v) is 4.73. The Morgan fingerprint density at radius 1 is 1.60 bits per heavy atom. The molecule has 0 saturated carbocycles. The predicted molar refractivity (Wildman–Crippen MR) is 59.1 cm³/mol. The lowest BCUT2D eigenvalue weighted by Gasteiger charge is -2.22. The van der Waals surface area contributed by atoms with Crippen LogP contribution >= 0.6 is 11.6 Å². The molecule has 2 rings (SSSR count). The highest BCUT2D eigenvalue weighted by molar-refractivity contribution is 6.29. The van der Waals surface area contributed by atoms with Crippen LogP contribution in [0.2, 0.25) is 5.15 Å². The first-order valence-electron chi connectivity index (χ1n) is 4.96. The van der Waals surface area contributed by atoms with Crippen molar-refractivity contribution in [3.63, 3.8) is 0 Å². The molecule has 1 N–H and O–H groups in total. The van der Waals surface area contributed by atoms with Gasteiger partial charge in [0.1, 0.15) is 11.0 Å². The Morgan fingerprint density at radius 3 is 3.00 bits per heavy atom. The van der Waals surface area contributed by atoms with E-state index in [1.165, 1.54) is 6.20 Å². The number of anilines is 1. The van der Waals surface area contributed by atoms with Crippen LogP contribution in [0.4, 0.5) is 5.82 Å². The summed E-state index contributed by atoms with van der Waals surface area (Å²) < 4.78 is 0. The molecule has 1 aliphatic rings. The van der Waals surface area contributed by atoms with Gasteiger partial charge >= 0.3 is 0 Å². The molecule has 5 heteroatoms. The molecule has 1 aromatic rings. The fourth-order valence-corrected chi connectivity index (χ4v) is 1.98. The molecule has 0 bridgehead atoms. The third-order valence-corrected chi connectivity index (χ3v) is 3.04. The number of nitrogens with zero attached hydrogens (tertiary/aromatic N) is 3. The van der Waals surface area contributed by atoms with Gasteiger partial charge in [-0.15, -0.1) is 0 Å². The quantitative estimate of drug-likeness (QED) is 0.829. The van der Waals surface area contributed by atoms with Crippen LogP contribution in [-0.2, 0) is 0 Å². The molecule has 4 nitrogen and oxygen atoms in total. The Bertz CT molecular complexity index is 360. The maximum Gasteiger partial charge on any atom is 0.149 e. The van der Waals surface area contributed by atoms with Gasteiger partial charge in [0.15, 0.2) is 0 Å². The van der Waals surface area contributed by atoms with E-state index in [-0.39, 0.29) is 12.0 Å². The van der Waals surface area contributed by atoms with E-state index in [9.17, 15) is 5.11 Å². The van der Waals surface area contributed by atoms with E-state index >= 15 is 0 Å². The van der Waals surface area contributed by atoms with Crippen LogP contribution in [0.5, 0.6) is 0 Å². The van der Waals surface area contributed by atoms with Crippen molar-refractivity contribution < 1.29 is 5.11 Å². The van der Waals surface area contributed by atoms with Gasteiger partial charge in [-0.05, 0) is 6.42 Å². The van der Waals surface area contributed by atoms with Gasteiger partial charge in [-0.2, -0.15) is 0 Å². The molecule has 1 aromatic heterocycles. The number of aliphatic hydroxyl groups excluding tert-OH is 1. The Kier molecular flexibility index (Phi) is 2.80. The lowest BCUT2D eigenvalue weighted by atomic mass is 9.91. The van der Waals surface area contributed by atoms with Crippen LogP contribution in [0.15, 0.2) is 12.4 Å². The van der Waals surface area contributed by atoms with Crippen molar-refractivity contribution in [1.82, 2.24) is 9.97 Å². The molecule has 0 spiro atoms. The number of aromatic nitrogens is 2. The van der Waals surface area contributed by atoms with Gasteiger partial charge in [0.2, 0.25) is 0 Å². The summed E-state index contributed by atoms with van der Waals surface area (Å²) in [5.74, 6) is 0.791. The highest BCUT2D eigenvalue weighted by Crippen LogP contribution is 2.31. The molecule has 82 valence electrons. The van der Waals surface area contributed by atoms with Crippen LogP contribution < -0.4 is 4.90 Å². The molecule has 1 saturated heterocycles. The zero-order chi connectivity index (χ0) is 10.9. The summed E-state index contributed by atoms with van der Waals surface area (Å²) in [6, 6.07) is 0. The van der Waals surface area contributed by atoms with Crippen molar-refractivity contribution in [2.75, 3.05) is 24.6 Å². The van der Waals surface area contributed by atoms with Crippen LogP contribution in [-0.4, -0.2) is 34.8 Å². The summed E-state index contributed by atoms with van der Waals surface area (Å²) in [5, 5.41) is 9.66. The third kappa shape index (κ3) is 2.21. The van der Waals surface area contributed by atoms with E-state index in [1.54, 1.807) is 6.20 Å². The van der Waals surface area contributed by atoms with Gasteiger partial charge in [-0.3, -0.25) is 4.98 Å². The maximum atomic E-state index is 9.26. The summed E-state index contributed by atoms with van der Waals surface area (Å²) in [5.41, 5.74) is -0.0238. The molecule has 2 heterocycles. The summed E-state index contributed by atoms with van der Waals surface area (Å²) in [6.45, 7) is 3.98. The average Bonchev–Trinajstić information content (AvgIpc) is 2.62. The van der Waals surface area contributed by atoms with Crippen molar-refractivity contribution >= 4 is 17.4 Å². The number of halogens is 1. The lowest BCUT2D eigenvalue weighted by molar-refractivity contribution is 0.162.